The summed E-state index contributed by atoms with van der Waals surface area (Å²) >= 11 is 0. The van der Waals surface area contributed by atoms with Gasteiger partial charge in [-0.05, 0) is 37.6 Å². The summed E-state index contributed by atoms with van der Waals surface area (Å²) in [6.07, 6.45) is 0.336. The van der Waals surface area contributed by atoms with Crippen LogP contribution in [-0.4, -0.2) is 20.1 Å². The van der Waals surface area contributed by atoms with E-state index in [9.17, 15) is 4.79 Å². The number of carbonyl (C=O) groups is 1. The van der Waals surface area contributed by atoms with E-state index in [-0.39, 0.29) is 11.9 Å². The molecule has 0 aromatic heterocycles. The van der Waals surface area contributed by atoms with Crippen LogP contribution in [0.3, 0.4) is 0 Å². The first-order valence-electron chi connectivity index (χ1n) is 7.60. The molecule has 0 aliphatic heterocycles. The molecule has 0 bridgehead atoms. The van der Waals surface area contributed by atoms with E-state index in [0.29, 0.717) is 6.42 Å². The summed E-state index contributed by atoms with van der Waals surface area (Å²) in [6, 6.07) is 13.4. The van der Waals surface area contributed by atoms with E-state index in [0.717, 1.165) is 28.2 Å². The monoisotopic (exact) mass is 313 g/mol. The van der Waals surface area contributed by atoms with Crippen LogP contribution in [0.2, 0.25) is 0 Å². The van der Waals surface area contributed by atoms with Crippen molar-refractivity contribution >= 4 is 5.91 Å². The molecule has 1 atom stereocenters. The molecule has 2 aromatic rings. The molecule has 0 saturated carbocycles. The smallest absolute Gasteiger partial charge is 0.224 e. The maximum absolute atomic E-state index is 12.3. The van der Waals surface area contributed by atoms with Gasteiger partial charge in [0.1, 0.15) is 11.5 Å². The minimum absolute atomic E-state index is 0.0220. The number of rotatable bonds is 6. The Bertz CT molecular complexity index is 665. The molecule has 23 heavy (non-hydrogen) atoms. The van der Waals surface area contributed by atoms with Crippen LogP contribution in [0.15, 0.2) is 42.5 Å². The molecular formula is C19H23NO3. The minimum atomic E-state index is -0.115. The summed E-state index contributed by atoms with van der Waals surface area (Å²) in [4.78, 5) is 12.3. The Morgan fingerprint density at radius 3 is 2.39 bits per heavy atom. The summed E-state index contributed by atoms with van der Waals surface area (Å²) in [7, 11) is 3.26. The fourth-order valence-corrected chi connectivity index (χ4v) is 2.49. The van der Waals surface area contributed by atoms with Crippen LogP contribution in [-0.2, 0) is 11.2 Å². The molecular weight excluding hydrogens is 290 g/mol. The van der Waals surface area contributed by atoms with Crippen molar-refractivity contribution in [1.29, 1.82) is 0 Å². The lowest BCUT2D eigenvalue weighted by Gasteiger charge is -2.18. The first kappa shape index (κ1) is 16.9. The molecule has 122 valence electrons. The van der Waals surface area contributed by atoms with Crippen molar-refractivity contribution in [2.45, 2.75) is 26.3 Å². The first-order valence-corrected chi connectivity index (χ1v) is 7.60. The summed E-state index contributed by atoms with van der Waals surface area (Å²) < 4.78 is 10.5. The van der Waals surface area contributed by atoms with Gasteiger partial charge in [0.05, 0.1) is 26.7 Å². The fraction of sp³-hybridized carbons (Fsp3) is 0.316. The molecule has 2 aromatic carbocycles. The van der Waals surface area contributed by atoms with Crippen molar-refractivity contribution in [3.8, 4) is 11.5 Å². The number of hydrogen-bond donors (Lipinski definition) is 1. The number of ether oxygens (including phenoxy) is 2. The third-order valence-corrected chi connectivity index (χ3v) is 3.75. The van der Waals surface area contributed by atoms with Crippen LogP contribution in [0.5, 0.6) is 11.5 Å². The van der Waals surface area contributed by atoms with Crippen LogP contribution < -0.4 is 14.8 Å². The third kappa shape index (κ3) is 4.49. The molecule has 0 aliphatic carbocycles. The van der Waals surface area contributed by atoms with E-state index >= 15 is 0 Å². The van der Waals surface area contributed by atoms with E-state index in [4.69, 9.17) is 9.47 Å². The summed E-state index contributed by atoms with van der Waals surface area (Å²) in [5, 5.41) is 3.03. The van der Waals surface area contributed by atoms with Gasteiger partial charge in [-0.1, -0.05) is 29.8 Å². The number of carbonyl (C=O) groups excluding carboxylic acids is 1. The Morgan fingerprint density at radius 1 is 1.09 bits per heavy atom. The molecule has 0 heterocycles. The molecule has 0 spiro atoms. The van der Waals surface area contributed by atoms with Gasteiger partial charge in [0, 0.05) is 5.56 Å². The molecule has 1 N–H and O–H groups in total. The van der Waals surface area contributed by atoms with Gasteiger partial charge in [0.15, 0.2) is 0 Å². The zero-order valence-corrected chi connectivity index (χ0v) is 14.1. The van der Waals surface area contributed by atoms with E-state index in [1.807, 2.05) is 56.3 Å². The molecule has 4 nitrogen and oxygen atoms in total. The van der Waals surface area contributed by atoms with E-state index in [2.05, 4.69) is 5.32 Å². The highest BCUT2D eigenvalue weighted by Gasteiger charge is 2.14. The third-order valence-electron chi connectivity index (χ3n) is 3.75. The Morgan fingerprint density at radius 2 is 1.78 bits per heavy atom. The number of aryl methyl sites for hydroxylation is 1. The lowest BCUT2D eigenvalue weighted by atomic mass is 10.0. The van der Waals surface area contributed by atoms with Gasteiger partial charge in [-0.3, -0.25) is 4.79 Å². The van der Waals surface area contributed by atoms with Gasteiger partial charge in [0.25, 0.3) is 0 Å². The zero-order valence-electron chi connectivity index (χ0n) is 14.1. The predicted octanol–water partition coefficient (Wildman–Crippen LogP) is 3.43. The Balaban J connectivity index is 2.03. The lowest BCUT2D eigenvalue weighted by molar-refractivity contribution is -0.121. The largest absolute Gasteiger partial charge is 0.497 e. The SMILES string of the molecule is COc1ccc(CC(=O)N[C@@H](C)c2cc(C)ccc2OC)cc1. The maximum atomic E-state index is 12.3. The molecule has 0 unspecified atom stereocenters. The van der Waals surface area contributed by atoms with E-state index in [1.54, 1.807) is 14.2 Å². The van der Waals surface area contributed by atoms with Gasteiger partial charge >= 0.3 is 0 Å². The van der Waals surface area contributed by atoms with Crippen molar-refractivity contribution in [2.75, 3.05) is 14.2 Å². The second-order valence-corrected chi connectivity index (χ2v) is 5.56. The van der Waals surface area contributed by atoms with Crippen molar-refractivity contribution in [3.05, 3.63) is 59.2 Å². The molecule has 0 radical (unpaired) electrons. The second-order valence-electron chi connectivity index (χ2n) is 5.56. The molecule has 1 amide bonds. The fourth-order valence-electron chi connectivity index (χ4n) is 2.49. The van der Waals surface area contributed by atoms with Gasteiger partial charge in [-0.25, -0.2) is 0 Å². The summed E-state index contributed by atoms with van der Waals surface area (Å²) in [5.41, 5.74) is 3.07. The maximum Gasteiger partial charge on any atom is 0.224 e. The Kier molecular flexibility index (Phi) is 5.63. The highest BCUT2D eigenvalue weighted by molar-refractivity contribution is 5.79. The van der Waals surface area contributed by atoms with E-state index in [1.165, 1.54) is 0 Å². The average Bonchev–Trinajstić information content (AvgIpc) is 2.55. The molecule has 2 rings (SSSR count). The molecule has 0 saturated heterocycles. The van der Waals surface area contributed by atoms with Gasteiger partial charge in [-0.2, -0.15) is 0 Å². The average molecular weight is 313 g/mol. The highest BCUT2D eigenvalue weighted by Crippen LogP contribution is 2.26. The lowest BCUT2D eigenvalue weighted by Crippen LogP contribution is -2.28. The molecule has 4 heteroatoms. The first-order chi connectivity index (χ1) is 11.0. The number of amides is 1. The number of benzene rings is 2. The van der Waals surface area contributed by atoms with Crippen molar-refractivity contribution in [1.82, 2.24) is 5.32 Å². The minimum Gasteiger partial charge on any atom is -0.497 e. The Hall–Kier alpha value is -2.49. The van der Waals surface area contributed by atoms with Crippen molar-refractivity contribution in [3.63, 3.8) is 0 Å². The van der Waals surface area contributed by atoms with Gasteiger partial charge in [-0.15, -0.1) is 0 Å². The quantitative estimate of drug-likeness (QED) is 0.889. The van der Waals surface area contributed by atoms with Crippen molar-refractivity contribution in [2.24, 2.45) is 0 Å². The molecule has 0 fully saturated rings. The van der Waals surface area contributed by atoms with Crippen LogP contribution >= 0.6 is 0 Å². The van der Waals surface area contributed by atoms with Crippen LogP contribution in [0, 0.1) is 6.92 Å². The van der Waals surface area contributed by atoms with Gasteiger partial charge < -0.3 is 14.8 Å². The highest BCUT2D eigenvalue weighted by atomic mass is 16.5. The number of hydrogen-bond acceptors (Lipinski definition) is 3. The normalized spacial score (nSPS) is 11.7. The van der Waals surface area contributed by atoms with Crippen LogP contribution in [0.1, 0.15) is 29.7 Å². The topological polar surface area (TPSA) is 47.6 Å². The second kappa shape index (κ2) is 7.68. The van der Waals surface area contributed by atoms with Crippen LogP contribution in [0.4, 0.5) is 0 Å². The van der Waals surface area contributed by atoms with Crippen molar-refractivity contribution < 1.29 is 14.3 Å². The zero-order chi connectivity index (χ0) is 16.8. The van der Waals surface area contributed by atoms with Crippen LogP contribution in [0.25, 0.3) is 0 Å². The van der Waals surface area contributed by atoms with E-state index < -0.39 is 0 Å². The summed E-state index contributed by atoms with van der Waals surface area (Å²) in [5.74, 6) is 1.55. The number of nitrogens with one attached hydrogen (secondary N) is 1. The van der Waals surface area contributed by atoms with Gasteiger partial charge in [0.2, 0.25) is 5.91 Å². The predicted molar refractivity (Wildman–Crippen MR) is 91.0 cm³/mol. The summed E-state index contributed by atoms with van der Waals surface area (Å²) in [6.45, 7) is 3.98. The standard InChI is InChI=1S/C19H23NO3/c1-13-5-10-18(23-4)17(11-13)14(2)20-19(21)12-15-6-8-16(22-3)9-7-15/h5-11,14H,12H2,1-4H3,(H,20,21)/t14-/m0/s1. The Labute approximate surface area is 137 Å². The number of methoxy groups -OCH3 is 2. The molecule has 0 aliphatic rings.